The molecule has 3 rings (SSSR count). The summed E-state index contributed by atoms with van der Waals surface area (Å²) < 4.78 is 17.9. The van der Waals surface area contributed by atoms with Crippen molar-refractivity contribution in [1.29, 1.82) is 0 Å². The van der Waals surface area contributed by atoms with Crippen molar-refractivity contribution in [2.75, 3.05) is 21.3 Å². The minimum absolute atomic E-state index is 0.680. The Morgan fingerprint density at radius 3 is 2.38 bits per heavy atom. The first-order chi connectivity index (χ1) is 10.3. The van der Waals surface area contributed by atoms with Gasteiger partial charge in [-0.1, -0.05) is 0 Å². The van der Waals surface area contributed by atoms with E-state index in [0.717, 1.165) is 22.7 Å². The molecule has 5 heteroatoms. The molecule has 2 heterocycles. The quantitative estimate of drug-likeness (QED) is 0.738. The van der Waals surface area contributed by atoms with E-state index in [4.69, 9.17) is 14.2 Å². The summed E-state index contributed by atoms with van der Waals surface area (Å²) in [7, 11) is 4.88. The fourth-order valence-electron chi connectivity index (χ4n) is 2.28. The second-order valence-electron chi connectivity index (χ2n) is 4.50. The van der Waals surface area contributed by atoms with Crippen LogP contribution < -0.4 is 14.2 Å². The SMILES string of the molecule is COc1ccc(-c2cn3cccc(OC)c3n2)cc1OC. The lowest BCUT2D eigenvalue weighted by Gasteiger charge is -2.08. The van der Waals surface area contributed by atoms with E-state index in [2.05, 4.69) is 4.98 Å². The molecule has 0 fully saturated rings. The van der Waals surface area contributed by atoms with Crippen LogP contribution in [0.15, 0.2) is 42.7 Å². The van der Waals surface area contributed by atoms with Crippen molar-refractivity contribution >= 4 is 5.65 Å². The molecule has 0 N–H and O–H groups in total. The van der Waals surface area contributed by atoms with Crippen LogP contribution in [0.1, 0.15) is 0 Å². The van der Waals surface area contributed by atoms with E-state index < -0.39 is 0 Å². The van der Waals surface area contributed by atoms with Crippen LogP contribution in [0.5, 0.6) is 17.2 Å². The molecule has 0 aliphatic heterocycles. The van der Waals surface area contributed by atoms with Crippen LogP contribution in [0.25, 0.3) is 16.9 Å². The van der Waals surface area contributed by atoms with Gasteiger partial charge in [0.05, 0.1) is 27.0 Å². The van der Waals surface area contributed by atoms with Crippen LogP contribution in [-0.4, -0.2) is 30.7 Å². The average molecular weight is 284 g/mol. The zero-order valence-corrected chi connectivity index (χ0v) is 12.2. The zero-order chi connectivity index (χ0) is 14.8. The number of pyridine rings is 1. The standard InChI is InChI=1S/C16H16N2O3/c1-19-13-7-6-11(9-15(13)21-3)12-10-18-8-4-5-14(20-2)16(18)17-12/h4-10H,1-3H3. The molecule has 3 aromatic rings. The third kappa shape index (κ3) is 2.27. The van der Waals surface area contributed by atoms with Crippen LogP contribution in [0.4, 0.5) is 0 Å². The molecule has 0 saturated carbocycles. The molecule has 0 radical (unpaired) electrons. The van der Waals surface area contributed by atoms with Gasteiger partial charge in [-0.3, -0.25) is 0 Å². The van der Waals surface area contributed by atoms with Gasteiger partial charge in [0, 0.05) is 18.0 Å². The summed E-state index contributed by atoms with van der Waals surface area (Å²) in [6, 6.07) is 9.55. The van der Waals surface area contributed by atoms with E-state index in [1.807, 2.05) is 47.1 Å². The fourth-order valence-corrected chi connectivity index (χ4v) is 2.28. The summed E-state index contributed by atoms with van der Waals surface area (Å²) >= 11 is 0. The van der Waals surface area contributed by atoms with Gasteiger partial charge in [0.15, 0.2) is 22.9 Å². The van der Waals surface area contributed by atoms with Gasteiger partial charge in [-0.25, -0.2) is 4.98 Å². The monoisotopic (exact) mass is 284 g/mol. The largest absolute Gasteiger partial charge is 0.493 e. The van der Waals surface area contributed by atoms with E-state index in [1.54, 1.807) is 21.3 Å². The molecule has 0 unspecified atom stereocenters. The third-order valence-corrected chi connectivity index (χ3v) is 3.35. The van der Waals surface area contributed by atoms with E-state index in [9.17, 15) is 0 Å². The number of hydrogen-bond acceptors (Lipinski definition) is 4. The predicted octanol–water partition coefficient (Wildman–Crippen LogP) is 3.03. The Balaban J connectivity index is 2.12. The Morgan fingerprint density at radius 1 is 0.905 bits per heavy atom. The second kappa shape index (κ2) is 5.36. The maximum Gasteiger partial charge on any atom is 0.180 e. The Kier molecular flexibility index (Phi) is 3.39. The summed E-state index contributed by atoms with van der Waals surface area (Å²) in [5.74, 6) is 2.12. The van der Waals surface area contributed by atoms with Gasteiger partial charge < -0.3 is 18.6 Å². The fraction of sp³-hybridized carbons (Fsp3) is 0.188. The number of nitrogens with zero attached hydrogens (tertiary/aromatic N) is 2. The summed E-state index contributed by atoms with van der Waals surface area (Å²) in [6.45, 7) is 0. The molecule has 21 heavy (non-hydrogen) atoms. The maximum atomic E-state index is 5.33. The molecule has 2 aromatic heterocycles. The number of rotatable bonds is 4. The average Bonchev–Trinajstić information content (AvgIpc) is 2.98. The van der Waals surface area contributed by atoms with Crippen LogP contribution in [0.2, 0.25) is 0 Å². The highest BCUT2D eigenvalue weighted by Crippen LogP contribution is 2.32. The normalized spacial score (nSPS) is 10.6. The van der Waals surface area contributed by atoms with Crippen molar-refractivity contribution in [1.82, 2.24) is 9.38 Å². The van der Waals surface area contributed by atoms with Gasteiger partial charge >= 0.3 is 0 Å². The summed E-state index contributed by atoms with van der Waals surface area (Å²) in [5.41, 5.74) is 2.59. The number of benzene rings is 1. The Labute approximate surface area is 122 Å². The molecule has 0 amide bonds. The van der Waals surface area contributed by atoms with Crippen molar-refractivity contribution in [2.45, 2.75) is 0 Å². The second-order valence-corrected chi connectivity index (χ2v) is 4.50. The van der Waals surface area contributed by atoms with Crippen molar-refractivity contribution in [2.24, 2.45) is 0 Å². The minimum Gasteiger partial charge on any atom is -0.493 e. The van der Waals surface area contributed by atoms with Crippen molar-refractivity contribution in [3.05, 3.63) is 42.7 Å². The predicted molar refractivity (Wildman–Crippen MR) is 80.3 cm³/mol. The van der Waals surface area contributed by atoms with Crippen molar-refractivity contribution < 1.29 is 14.2 Å². The Bertz CT molecular complexity index is 780. The molecule has 0 atom stereocenters. The van der Waals surface area contributed by atoms with Gasteiger partial charge in [-0.15, -0.1) is 0 Å². The minimum atomic E-state index is 0.680. The Hall–Kier alpha value is -2.69. The van der Waals surface area contributed by atoms with Gasteiger partial charge in [0.1, 0.15) is 0 Å². The maximum absolute atomic E-state index is 5.33. The Morgan fingerprint density at radius 2 is 1.67 bits per heavy atom. The van der Waals surface area contributed by atoms with Crippen LogP contribution >= 0.6 is 0 Å². The van der Waals surface area contributed by atoms with Crippen LogP contribution in [-0.2, 0) is 0 Å². The first-order valence-electron chi connectivity index (χ1n) is 6.51. The third-order valence-electron chi connectivity index (χ3n) is 3.35. The first-order valence-corrected chi connectivity index (χ1v) is 6.51. The van der Waals surface area contributed by atoms with E-state index in [1.165, 1.54) is 0 Å². The van der Waals surface area contributed by atoms with E-state index in [0.29, 0.717) is 11.5 Å². The van der Waals surface area contributed by atoms with Crippen LogP contribution in [0.3, 0.4) is 0 Å². The number of hydrogen-bond donors (Lipinski definition) is 0. The van der Waals surface area contributed by atoms with Crippen molar-refractivity contribution in [3.8, 4) is 28.5 Å². The molecule has 0 bridgehead atoms. The lowest BCUT2D eigenvalue weighted by atomic mass is 10.1. The lowest BCUT2D eigenvalue weighted by Crippen LogP contribution is -1.90. The highest BCUT2D eigenvalue weighted by Gasteiger charge is 2.11. The molecule has 5 nitrogen and oxygen atoms in total. The lowest BCUT2D eigenvalue weighted by molar-refractivity contribution is 0.355. The van der Waals surface area contributed by atoms with Gasteiger partial charge in [0.25, 0.3) is 0 Å². The zero-order valence-electron chi connectivity index (χ0n) is 12.2. The molecule has 0 saturated heterocycles. The summed E-state index contributed by atoms with van der Waals surface area (Å²) in [5, 5.41) is 0. The van der Waals surface area contributed by atoms with Crippen LogP contribution in [0, 0.1) is 0 Å². The molecule has 0 aliphatic carbocycles. The summed E-state index contributed by atoms with van der Waals surface area (Å²) in [6.07, 6.45) is 3.90. The highest BCUT2D eigenvalue weighted by molar-refractivity contribution is 5.68. The van der Waals surface area contributed by atoms with E-state index in [-0.39, 0.29) is 0 Å². The van der Waals surface area contributed by atoms with Crippen molar-refractivity contribution in [3.63, 3.8) is 0 Å². The molecule has 108 valence electrons. The highest BCUT2D eigenvalue weighted by atomic mass is 16.5. The summed E-state index contributed by atoms with van der Waals surface area (Å²) in [4.78, 5) is 4.63. The molecule has 0 spiro atoms. The topological polar surface area (TPSA) is 45.0 Å². The molecule has 1 aromatic carbocycles. The van der Waals surface area contributed by atoms with Gasteiger partial charge in [0.2, 0.25) is 0 Å². The number of ether oxygens (including phenoxy) is 3. The smallest absolute Gasteiger partial charge is 0.180 e. The molecular weight excluding hydrogens is 268 g/mol. The first kappa shape index (κ1) is 13.3. The number of fused-ring (bicyclic) bond motifs is 1. The molecular formula is C16H16N2O3. The number of methoxy groups -OCH3 is 3. The van der Waals surface area contributed by atoms with Gasteiger partial charge in [-0.05, 0) is 30.3 Å². The molecule has 0 aliphatic rings. The van der Waals surface area contributed by atoms with Gasteiger partial charge in [-0.2, -0.15) is 0 Å². The number of imidazole rings is 1. The number of aromatic nitrogens is 2. The van der Waals surface area contributed by atoms with E-state index >= 15 is 0 Å².